The predicted molar refractivity (Wildman–Crippen MR) is 58.1 cm³/mol. The Labute approximate surface area is 87.6 Å². The van der Waals surface area contributed by atoms with Gasteiger partial charge in [-0.2, -0.15) is 0 Å². The second kappa shape index (κ2) is 4.63. The monoisotopic (exact) mass is 196 g/mol. The molecule has 2 nitrogen and oxygen atoms in total. The Morgan fingerprint density at radius 2 is 2.29 bits per heavy atom. The smallest absolute Gasteiger partial charge is 0.0638 e. The van der Waals surface area contributed by atoms with Crippen LogP contribution >= 0.6 is 0 Å². The number of ether oxygens (including phenoxy) is 1. The van der Waals surface area contributed by atoms with Gasteiger partial charge in [0.15, 0.2) is 0 Å². The van der Waals surface area contributed by atoms with E-state index < -0.39 is 0 Å². The van der Waals surface area contributed by atoms with Gasteiger partial charge in [0.25, 0.3) is 0 Å². The lowest BCUT2D eigenvalue weighted by molar-refractivity contribution is 0.109. The highest BCUT2D eigenvalue weighted by molar-refractivity contribution is 5.04. The van der Waals surface area contributed by atoms with Crippen molar-refractivity contribution in [2.45, 2.75) is 39.2 Å². The molecule has 14 heavy (non-hydrogen) atoms. The van der Waals surface area contributed by atoms with Crippen molar-refractivity contribution in [2.75, 3.05) is 26.2 Å². The van der Waals surface area contributed by atoms with Gasteiger partial charge < -0.3 is 9.64 Å². The molecule has 0 bridgehead atoms. The molecule has 1 radical (unpaired) electrons. The average molecular weight is 196 g/mol. The first-order valence-corrected chi connectivity index (χ1v) is 5.98. The summed E-state index contributed by atoms with van der Waals surface area (Å²) in [6.07, 6.45) is 4.34. The topological polar surface area (TPSA) is 12.5 Å². The third kappa shape index (κ3) is 2.12. The zero-order valence-corrected chi connectivity index (χ0v) is 9.46. The fourth-order valence-corrected chi connectivity index (χ4v) is 2.69. The van der Waals surface area contributed by atoms with Gasteiger partial charge in [-0.3, -0.25) is 0 Å². The van der Waals surface area contributed by atoms with Crippen LogP contribution in [-0.2, 0) is 4.74 Å². The summed E-state index contributed by atoms with van der Waals surface area (Å²) in [7, 11) is 0. The van der Waals surface area contributed by atoms with Crippen LogP contribution in [0.5, 0.6) is 0 Å². The predicted octanol–water partition coefficient (Wildman–Crippen LogP) is 2.10. The Hall–Kier alpha value is -0.0800. The largest absolute Gasteiger partial charge is 0.378 e. The van der Waals surface area contributed by atoms with Crippen molar-refractivity contribution < 1.29 is 4.74 Å². The van der Waals surface area contributed by atoms with Gasteiger partial charge in [0.05, 0.1) is 6.10 Å². The van der Waals surface area contributed by atoms with E-state index in [2.05, 4.69) is 18.7 Å². The van der Waals surface area contributed by atoms with Crippen LogP contribution < -0.4 is 0 Å². The van der Waals surface area contributed by atoms with Crippen LogP contribution in [0.25, 0.3) is 0 Å². The molecule has 0 amide bonds. The van der Waals surface area contributed by atoms with E-state index in [0.717, 1.165) is 12.5 Å². The lowest BCUT2D eigenvalue weighted by Gasteiger charge is -2.24. The standard InChI is InChI=1S/C12H22NO/c1-3-13-7-6-11(9-13)10(2)12-5-4-8-14-12/h11-12H,3-9H2,1-2H3. The molecule has 2 unspecified atom stereocenters. The van der Waals surface area contributed by atoms with Gasteiger partial charge in [-0.05, 0) is 38.3 Å². The first-order valence-electron chi connectivity index (χ1n) is 5.98. The first kappa shape index (κ1) is 10.4. The number of hydrogen-bond donors (Lipinski definition) is 0. The molecule has 2 atom stereocenters. The second-order valence-electron chi connectivity index (χ2n) is 4.62. The summed E-state index contributed by atoms with van der Waals surface area (Å²) in [6.45, 7) is 9.29. The maximum atomic E-state index is 5.74. The van der Waals surface area contributed by atoms with Gasteiger partial charge in [-0.1, -0.05) is 13.8 Å². The van der Waals surface area contributed by atoms with Crippen molar-refractivity contribution in [1.29, 1.82) is 0 Å². The summed E-state index contributed by atoms with van der Waals surface area (Å²) < 4.78 is 5.74. The quantitative estimate of drug-likeness (QED) is 0.685. The Kier molecular flexibility index (Phi) is 3.45. The molecule has 2 heterocycles. The Morgan fingerprint density at radius 1 is 1.43 bits per heavy atom. The molecule has 2 aliphatic rings. The molecule has 81 valence electrons. The molecule has 0 N–H and O–H groups in total. The van der Waals surface area contributed by atoms with Crippen LogP contribution in [0.4, 0.5) is 0 Å². The summed E-state index contributed by atoms with van der Waals surface area (Å²) in [5.41, 5.74) is 0. The molecule has 2 heteroatoms. The van der Waals surface area contributed by atoms with Crippen molar-refractivity contribution in [2.24, 2.45) is 5.92 Å². The van der Waals surface area contributed by atoms with Crippen LogP contribution in [-0.4, -0.2) is 37.2 Å². The molecule has 0 saturated carbocycles. The number of rotatable bonds is 3. The van der Waals surface area contributed by atoms with Gasteiger partial charge in [0, 0.05) is 19.1 Å². The van der Waals surface area contributed by atoms with Crippen molar-refractivity contribution in [1.82, 2.24) is 4.90 Å². The first-order chi connectivity index (χ1) is 6.81. The van der Waals surface area contributed by atoms with Crippen LogP contribution in [0.1, 0.15) is 33.1 Å². The summed E-state index contributed by atoms with van der Waals surface area (Å²) in [6, 6.07) is 0. The molecule has 0 spiro atoms. The zero-order valence-electron chi connectivity index (χ0n) is 9.46. The van der Waals surface area contributed by atoms with Gasteiger partial charge in [-0.25, -0.2) is 0 Å². The van der Waals surface area contributed by atoms with Gasteiger partial charge >= 0.3 is 0 Å². The molecular weight excluding hydrogens is 174 g/mol. The highest BCUT2D eigenvalue weighted by atomic mass is 16.5. The molecule has 0 aliphatic carbocycles. The van der Waals surface area contributed by atoms with Gasteiger partial charge in [0.2, 0.25) is 0 Å². The van der Waals surface area contributed by atoms with Crippen LogP contribution in [0.2, 0.25) is 0 Å². The van der Waals surface area contributed by atoms with Crippen molar-refractivity contribution in [3.05, 3.63) is 5.92 Å². The molecule has 2 aliphatic heterocycles. The normalized spacial score (nSPS) is 34.5. The molecule has 2 rings (SSSR count). The summed E-state index contributed by atoms with van der Waals surface area (Å²) in [5, 5.41) is 0. The fourth-order valence-electron chi connectivity index (χ4n) is 2.69. The molecule has 2 saturated heterocycles. The van der Waals surface area contributed by atoms with E-state index in [4.69, 9.17) is 4.74 Å². The Balaban J connectivity index is 1.83. The van der Waals surface area contributed by atoms with Crippen LogP contribution in [0, 0.1) is 11.8 Å². The second-order valence-corrected chi connectivity index (χ2v) is 4.62. The molecule has 0 aromatic heterocycles. The van der Waals surface area contributed by atoms with E-state index in [9.17, 15) is 0 Å². The van der Waals surface area contributed by atoms with E-state index in [0.29, 0.717) is 6.10 Å². The molecule has 2 fully saturated rings. The third-order valence-corrected chi connectivity index (χ3v) is 3.80. The van der Waals surface area contributed by atoms with Crippen molar-refractivity contribution >= 4 is 0 Å². The number of hydrogen-bond acceptors (Lipinski definition) is 2. The number of likely N-dealkylation sites (tertiary alicyclic amines) is 1. The van der Waals surface area contributed by atoms with E-state index >= 15 is 0 Å². The van der Waals surface area contributed by atoms with E-state index in [1.54, 1.807) is 5.92 Å². The van der Waals surface area contributed by atoms with Crippen molar-refractivity contribution in [3.63, 3.8) is 0 Å². The zero-order chi connectivity index (χ0) is 9.97. The highest BCUT2D eigenvalue weighted by Gasteiger charge is 2.33. The molecule has 0 aromatic carbocycles. The Morgan fingerprint density at radius 3 is 2.86 bits per heavy atom. The van der Waals surface area contributed by atoms with E-state index in [-0.39, 0.29) is 0 Å². The fraction of sp³-hybridized carbons (Fsp3) is 0.917. The summed E-state index contributed by atoms with van der Waals surface area (Å²) in [4.78, 5) is 2.54. The minimum atomic E-state index is 0.483. The van der Waals surface area contributed by atoms with Gasteiger partial charge in [0.1, 0.15) is 0 Å². The summed E-state index contributed by atoms with van der Waals surface area (Å²) >= 11 is 0. The lowest BCUT2D eigenvalue weighted by Crippen LogP contribution is -2.26. The summed E-state index contributed by atoms with van der Waals surface area (Å²) in [5.74, 6) is 2.41. The van der Waals surface area contributed by atoms with Crippen LogP contribution in [0.15, 0.2) is 0 Å². The van der Waals surface area contributed by atoms with Gasteiger partial charge in [-0.15, -0.1) is 0 Å². The highest BCUT2D eigenvalue weighted by Crippen LogP contribution is 2.33. The average Bonchev–Trinajstić information content (AvgIpc) is 2.88. The molecule has 0 aromatic rings. The minimum absolute atomic E-state index is 0.483. The SMILES string of the molecule is CCN1CCC([C](C)C2CCCO2)C1. The third-order valence-electron chi connectivity index (χ3n) is 3.80. The Bertz CT molecular complexity index is 177. The number of nitrogens with zero attached hydrogens (tertiary/aromatic N) is 1. The minimum Gasteiger partial charge on any atom is -0.378 e. The maximum absolute atomic E-state index is 5.74. The lowest BCUT2D eigenvalue weighted by atomic mass is 9.87. The van der Waals surface area contributed by atoms with E-state index in [1.807, 2.05) is 0 Å². The molecular formula is C12H22NO. The van der Waals surface area contributed by atoms with Crippen LogP contribution in [0.3, 0.4) is 0 Å². The maximum Gasteiger partial charge on any atom is 0.0638 e. The van der Waals surface area contributed by atoms with Crippen molar-refractivity contribution in [3.8, 4) is 0 Å². The van der Waals surface area contributed by atoms with E-state index in [1.165, 1.54) is 38.9 Å².